The van der Waals surface area contributed by atoms with Crippen molar-refractivity contribution in [1.82, 2.24) is 14.6 Å². The van der Waals surface area contributed by atoms with Crippen LogP contribution < -0.4 is 5.32 Å². The summed E-state index contributed by atoms with van der Waals surface area (Å²) < 4.78 is 2.68. The van der Waals surface area contributed by atoms with Crippen LogP contribution in [-0.4, -0.2) is 20.6 Å². The minimum Gasteiger partial charge on any atom is -0.339 e. The van der Waals surface area contributed by atoms with Crippen molar-refractivity contribution in [3.63, 3.8) is 0 Å². The SMILES string of the molecule is C#CC(CCC)Nc1nc2ccc(Br)cn2n1. The summed E-state index contributed by atoms with van der Waals surface area (Å²) in [6.07, 6.45) is 9.24. The molecule has 2 heterocycles. The van der Waals surface area contributed by atoms with Crippen molar-refractivity contribution in [2.45, 2.75) is 25.8 Å². The molecule has 2 aromatic rings. The normalized spacial score (nSPS) is 12.3. The minimum atomic E-state index is -0.0131. The van der Waals surface area contributed by atoms with Crippen molar-refractivity contribution in [2.24, 2.45) is 0 Å². The van der Waals surface area contributed by atoms with Gasteiger partial charge in [0, 0.05) is 10.7 Å². The molecule has 0 radical (unpaired) electrons. The number of rotatable bonds is 4. The lowest BCUT2D eigenvalue weighted by Crippen LogP contribution is -2.17. The molecule has 1 atom stereocenters. The van der Waals surface area contributed by atoms with E-state index >= 15 is 0 Å². The number of nitrogens with zero attached hydrogens (tertiary/aromatic N) is 3. The van der Waals surface area contributed by atoms with Gasteiger partial charge < -0.3 is 5.32 Å². The van der Waals surface area contributed by atoms with E-state index in [4.69, 9.17) is 6.42 Å². The fourth-order valence-electron chi connectivity index (χ4n) is 1.56. The van der Waals surface area contributed by atoms with Crippen LogP contribution in [-0.2, 0) is 0 Å². The fraction of sp³-hybridized carbons (Fsp3) is 0.333. The molecule has 1 N–H and O–H groups in total. The van der Waals surface area contributed by atoms with Crippen molar-refractivity contribution in [3.05, 3.63) is 22.8 Å². The second-order valence-corrected chi connectivity index (χ2v) is 4.65. The van der Waals surface area contributed by atoms with E-state index < -0.39 is 0 Å². The van der Waals surface area contributed by atoms with Crippen LogP contribution in [0.5, 0.6) is 0 Å². The molecule has 17 heavy (non-hydrogen) atoms. The van der Waals surface area contributed by atoms with Crippen LogP contribution in [0.25, 0.3) is 5.65 Å². The van der Waals surface area contributed by atoms with Gasteiger partial charge in [0.1, 0.15) is 0 Å². The quantitative estimate of drug-likeness (QED) is 0.881. The first-order valence-corrected chi connectivity index (χ1v) is 6.27. The summed E-state index contributed by atoms with van der Waals surface area (Å²) in [4.78, 5) is 4.35. The zero-order chi connectivity index (χ0) is 12.3. The molecule has 88 valence electrons. The van der Waals surface area contributed by atoms with E-state index in [9.17, 15) is 0 Å². The highest BCUT2D eigenvalue weighted by atomic mass is 79.9. The molecule has 0 saturated carbocycles. The maximum absolute atomic E-state index is 5.44. The van der Waals surface area contributed by atoms with Crippen molar-refractivity contribution in [2.75, 3.05) is 5.32 Å². The third-order valence-electron chi connectivity index (χ3n) is 2.38. The highest BCUT2D eigenvalue weighted by Gasteiger charge is 2.08. The van der Waals surface area contributed by atoms with Gasteiger partial charge in [-0.2, -0.15) is 4.98 Å². The Morgan fingerprint density at radius 3 is 3.12 bits per heavy atom. The van der Waals surface area contributed by atoms with Crippen LogP contribution in [0.2, 0.25) is 0 Å². The van der Waals surface area contributed by atoms with E-state index in [0.717, 1.165) is 23.0 Å². The summed E-state index contributed by atoms with van der Waals surface area (Å²) >= 11 is 3.39. The molecule has 1 unspecified atom stereocenters. The van der Waals surface area contributed by atoms with Crippen LogP contribution >= 0.6 is 15.9 Å². The monoisotopic (exact) mass is 292 g/mol. The molecule has 0 aromatic carbocycles. The maximum atomic E-state index is 5.44. The Bertz CT molecular complexity index is 555. The van der Waals surface area contributed by atoms with E-state index in [-0.39, 0.29) is 6.04 Å². The van der Waals surface area contributed by atoms with E-state index in [1.54, 1.807) is 4.52 Å². The average molecular weight is 293 g/mol. The summed E-state index contributed by atoms with van der Waals surface area (Å²) in [5.41, 5.74) is 0.794. The number of fused-ring (bicyclic) bond motifs is 1. The molecule has 5 heteroatoms. The highest BCUT2D eigenvalue weighted by molar-refractivity contribution is 9.10. The van der Waals surface area contributed by atoms with Gasteiger partial charge in [-0.25, -0.2) is 4.52 Å². The first kappa shape index (κ1) is 11.9. The van der Waals surface area contributed by atoms with Gasteiger partial charge in [0.25, 0.3) is 0 Å². The molecule has 0 aliphatic heterocycles. The van der Waals surface area contributed by atoms with Crippen molar-refractivity contribution < 1.29 is 0 Å². The molecule has 0 aliphatic rings. The van der Waals surface area contributed by atoms with Gasteiger partial charge >= 0.3 is 0 Å². The van der Waals surface area contributed by atoms with E-state index in [1.807, 2.05) is 18.3 Å². The molecule has 0 bridgehead atoms. The number of hydrogen-bond acceptors (Lipinski definition) is 3. The predicted octanol–water partition coefficient (Wildman–Crippen LogP) is 2.71. The first-order valence-electron chi connectivity index (χ1n) is 5.47. The molecular formula is C12H13BrN4. The van der Waals surface area contributed by atoms with E-state index in [0.29, 0.717) is 5.95 Å². The van der Waals surface area contributed by atoms with Gasteiger partial charge in [-0.1, -0.05) is 19.3 Å². The second kappa shape index (κ2) is 5.19. The molecule has 4 nitrogen and oxygen atoms in total. The standard InChI is InChI=1S/C12H13BrN4/c1-3-5-10(4-2)14-12-15-11-7-6-9(13)8-17(11)16-12/h2,6-8,10H,3,5H2,1H3,(H,14,16). The number of halogens is 1. The lowest BCUT2D eigenvalue weighted by molar-refractivity contribution is 0.747. The van der Waals surface area contributed by atoms with Crippen LogP contribution in [0.15, 0.2) is 22.8 Å². The Morgan fingerprint density at radius 2 is 2.41 bits per heavy atom. The number of pyridine rings is 1. The number of hydrogen-bond donors (Lipinski definition) is 1. The van der Waals surface area contributed by atoms with Crippen LogP contribution in [0, 0.1) is 12.3 Å². The number of terminal acetylenes is 1. The molecule has 2 aromatic heterocycles. The average Bonchev–Trinajstić information content (AvgIpc) is 2.69. The molecule has 0 saturated heterocycles. The van der Waals surface area contributed by atoms with Crippen LogP contribution in [0.1, 0.15) is 19.8 Å². The lowest BCUT2D eigenvalue weighted by atomic mass is 10.2. The summed E-state index contributed by atoms with van der Waals surface area (Å²) in [7, 11) is 0. The number of anilines is 1. The van der Waals surface area contributed by atoms with Gasteiger partial charge in [-0.15, -0.1) is 11.5 Å². The Kier molecular flexibility index (Phi) is 3.64. The maximum Gasteiger partial charge on any atom is 0.244 e. The fourth-order valence-corrected chi connectivity index (χ4v) is 1.89. The minimum absolute atomic E-state index is 0.0131. The zero-order valence-electron chi connectivity index (χ0n) is 9.52. The van der Waals surface area contributed by atoms with Crippen LogP contribution in [0.4, 0.5) is 5.95 Å². The largest absolute Gasteiger partial charge is 0.339 e. The smallest absolute Gasteiger partial charge is 0.244 e. The van der Waals surface area contributed by atoms with Crippen molar-refractivity contribution in [1.29, 1.82) is 0 Å². The molecular weight excluding hydrogens is 280 g/mol. The lowest BCUT2D eigenvalue weighted by Gasteiger charge is -2.08. The topological polar surface area (TPSA) is 42.2 Å². The Morgan fingerprint density at radius 1 is 1.59 bits per heavy atom. The van der Waals surface area contributed by atoms with Crippen molar-refractivity contribution >= 4 is 27.5 Å². The van der Waals surface area contributed by atoms with Crippen molar-refractivity contribution in [3.8, 4) is 12.3 Å². The summed E-state index contributed by atoms with van der Waals surface area (Å²) in [5, 5.41) is 7.46. The molecule has 0 amide bonds. The molecule has 2 rings (SSSR count). The summed E-state index contributed by atoms with van der Waals surface area (Å²) in [6.45, 7) is 2.10. The summed E-state index contributed by atoms with van der Waals surface area (Å²) in [6, 6.07) is 3.81. The van der Waals surface area contributed by atoms with Crippen LogP contribution in [0.3, 0.4) is 0 Å². The van der Waals surface area contributed by atoms with E-state index in [1.165, 1.54) is 0 Å². The van der Waals surface area contributed by atoms with Gasteiger partial charge in [-0.05, 0) is 34.5 Å². The van der Waals surface area contributed by atoms with Gasteiger partial charge in [-0.3, -0.25) is 0 Å². The highest BCUT2D eigenvalue weighted by Crippen LogP contribution is 2.13. The molecule has 0 aliphatic carbocycles. The Hall–Kier alpha value is -1.54. The van der Waals surface area contributed by atoms with Gasteiger partial charge in [0.05, 0.1) is 6.04 Å². The van der Waals surface area contributed by atoms with E-state index in [2.05, 4.69) is 44.2 Å². The molecule has 0 fully saturated rings. The third-order valence-corrected chi connectivity index (χ3v) is 2.85. The first-order chi connectivity index (χ1) is 8.22. The number of nitrogens with one attached hydrogen (secondary N) is 1. The second-order valence-electron chi connectivity index (χ2n) is 3.74. The Balaban J connectivity index is 2.22. The zero-order valence-corrected chi connectivity index (χ0v) is 11.1. The summed E-state index contributed by atoms with van der Waals surface area (Å²) in [5.74, 6) is 3.27. The molecule has 0 spiro atoms. The van der Waals surface area contributed by atoms with Gasteiger partial charge in [0.2, 0.25) is 5.95 Å². The third kappa shape index (κ3) is 2.77. The Labute approximate surface area is 109 Å². The number of aromatic nitrogens is 3. The predicted molar refractivity (Wildman–Crippen MR) is 71.8 cm³/mol. The van der Waals surface area contributed by atoms with Gasteiger partial charge in [0.15, 0.2) is 5.65 Å².